The van der Waals surface area contributed by atoms with Gasteiger partial charge < -0.3 is 0 Å². The summed E-state index contributed by atoms with van der Waals surface area (Å²) in [6, 6.07) is 7.41. The van der Waals surface area contributed by atoms with E-state index in [0.29, 0.717) is 0 Å². The molecular formula is C15H17Cl2N. The van der Waals surface area contributed by atoms with E-state index in [-0.39, 0.29) is 17.9 Å². The average molecular weight is 282 g/mol. The van der Waals surface area contributed by atoms with Crippen LogP contribution in [0.1, 0.15) is 19.4 Å². The van der Waals surface area contributed by atoms with Crippen molar-refractivity contribution in [1.29, 1.82) is 0 Å². The van der Waals surface area contributed by atoms with Crippen LogP contribution in [0.25, 0.3) is 0 Å². The third kappa shape index (κ3) is 5.48. The summed E-state index contributed by atoms with van der Waals surface area (Å²) in [5.74, 6) is 11.8. The number of nitrogens with zero attached hydrogens (tertiary/aromatic N) is 1. The lowest BCUT2D eigenvalue weighted by atomic mass is 10.1. The Bertz CT molecular complexity index is 493. The maximum absolute atomic E-state index is 5.79. The normalized spacial score (nSPS) is 9.67. The van der Waals surface area contributed by atoms with E-state index in [1.807, 2.05) is 38.4 Å². The van der Waals surface area contributed by atoms with E-state index in [1.165, 1.54) is 0 Å². The van der Waals surface area contributed by atoms with Crippen molar-refractivity contribution in [2.75, 3.05) is 14.1 Å². The Morgan fingerprint density at radius 1 is 1.06 bits per heavy atom. The van der Waals surface area contributed by atoms with Gasteiger partial charge in [0.2, 0.25) is 0 Å². The van der Waals surface area contributed by atoms with Crippen molar-refractivity contribution < 1.29 is 0 Å². The van der Waals surface area contributed by atoms with Gasteiger partial charge in [0.25, 0.3) is 0 Å². The second kappa shape index (κ2) is 7.34. The molecule has 0 saturated heterocycles. The van der Waals surface area contributed by atoms with Crippen molar-refractivity contribution in [2.24, 2.45) is 0 Å². The molecule has 18 heavy (non-hydrogen) atoms. The first-order chi connectivity index (χ1) is 7.92. The van der Waals surface area contributed by atoms with E-state index in [4.69, 9.17) is 11.6 Å². The first-order valence-corrected chi connectivity index (χ1v) is 5.76. The monoisotopic (exact) mass is 281 g/mol. The predicted octanol–water partition coefficient (Wildman–Crippen LogP) is 3.46. The molecule has 0 radical (unpaired) electrons. The summed E-state index contributed by atoms with van der Waals surface area (Å²) in [4.78, 5) is 2.06. The van der Waals surface area contributed by atoms with Gasteiger partial charge in [-0.1, -0.05) is 23.4 Å². The molecule has 0 aliphatic heterocycles. The second-order valence-electron chi connectivity index (χ2n) is 4.46. The zero-order chi connectivity index (χ0) is 12.9. The topological polar surface area (TPSA) is 3.24 Å². The summed E-state index contributed by atoms with van der Waals surface area (Å²) in [6.45, 7) is 4.12. The van der Waals surface area contributed by atoms with Gasteiger partial charge in [-0.25, -0.2) is 0 Å². The zero-order valence-electron chi connectivity index (χ0n) is 11.0. The van der Waals surface area contributed by atoms with Crippen LogP contribution in [-0.4, -0.2) is 24.5 Å². The van der Waals surface area contributed by atoms with Gasteiger partial charge in [0.1, 0.15) is 0 Å². The van der Waals surface area contributed by atoms with Gasteiger partial charge in [0.05, 0.1) is 5.54 Å². The van der Waals surface area contributed by atoms with Gasteiger partial charge in [0.15, 0.2) is 0 Å². The molecule has 96 valence electrons. The van der Waals surface area contributed by atoms with Crippen LogP contribution in [0, 0.1) is 23.7 Å². The number of rotatable bonds is 1. The summed E-state index contributed by atoms with van der Waals surface area (Å²) in [6.07, 6.45) is 0. The highest BCUT2D eigenvalue weighted by Gasteiger charge is 2.15. The van der Waals surface area contributed by atoms with Crippen molar-refractivity contribution in [3.8, 4) is 23.7 Å². The molecule has 1 nitrogen and oxygen atoms in total. The predicted molar refractivity (Wildman–Crippen MR) is 81.1 cm³/mol. The minimum Gasteiger partial charge on any atom is -0.294 e. The van der Waals surface area contributed by atoms with Crippen molar-refractivity contribution in [1.82, 2.24) is 4.90 Å². The van der Waals surface area contributed by atoms with E-state index in [9.17, 15) is 0 Å². The van der Waals surface area contributed by atoms with Gasteiger partial charge in [-0.3, -0.25) is 4.90 Å². The largest absolute Gasteiger partial charge is 0.294 e. The van der Waals surface area contributed by atoms with Gasteiger partial charge in [-0.05, 0) is 64.0 Å². The minimum absolute atomic E-state index is 0. The molecule has 1 aromatic carbocycles. The Morgan fingerprint density at radius 2 is 1.61 bits per heavy atom. The van der Waals surface area contributed by atoms with Crippen LogP contribution >= 0.6 is 24.0 Å². The van der Waals surface area contributed by atoms with Crippen molar-refractivity contribution >= 4 is 24.0 Å². The molecule has 0 amide bonds. The van der Waals surface area contributed by atoms with Crippen LogP contribution in [0.5, 0.6) is 0 Å². The van der Waals surface area contributed by atoms with E-state index in [1.54, 1.807) is 0 Å². The molecule has 0 unspecified atom stereocenters. The SMILES string of the molecule is CN(C)C(C)(C)C#CC#Cc1ccc(Cl)cc1.Cl. The molecule has 1 aromatic rings. The molecule has 1 rings (SSSR count). The highest BCUT2D eigenvalue weighted by molar-refractivity contribution is 6.30. The lowest BCUT2D eigenvalue weighted by Gasteiger charge is -2.26. The molecule has 0 heterocycles. The highest BCUT2D eigenvalue weighted by atomic mass is 35.5. The third-order valence-corrected chi connectivity index (χ3v) is 2.85. The summed E-state index contributed by atoms with van der Waals surface area (Å²) in [5, 5.41) is 0.718. The fraction of sp³-hybridized carbons (Fsp3) is 0.333. The lowest BCUT2D eigenvalue weighted by molar-refractivity contribution is 0.263. The Hall–Kier alpha value is -1.12. The van der Waals surface area contributed by atoms with E-state index < -0.39 is 0 Å². The molecule has 3 heteroatoms. The fourth-order valence-electron chi connectivity index (χ4n) is 0.933. The minimum atomic E-state index is -0.158. The van der Waals surface area contributed by atoms with Crippen LogP contribution in [0.3, 0.4) is 0 Å². The number of benzene rings is 1. The lowest BCUT2D eigenvalue weighted by Crippen LogP contribution is -2.36. The van der Waals surface area contributed by atoms with Gasteiger partial charge in [0, 0.05) is 10.6 Å². The number of halogens is 2. The van der Waals surface area contributed by atoms with Crippen LogP contribution in [-0.2, 0) is 0 Å². The quantitative estimate of drug-likeness (QED) is 0.713. The van der Waals surface area contributed by atoms with Crippen LogP contribution in [0.2, 0.25) is 5.02 Å². The summed E-state index contributed by atoms with van der Waals surface area (Å²) < 4.78 is 0. The van der Waals surface area contributed by atoms with E-state index in [0.717, 1.165) is 10.6 Å². The number of hydrogen-bond acceptors (Lipinski definition) is 1. The molecule has 0 spiro atoms. The molecule has 0 N–H and O–H groups in total. The maximum atomic E-state index is 5.79. The van der Waals surface area contributed by atoms with Crippen LogP contribution in [0.15, 0.2) is 24.3 Å². The average Bonchev–Trinajstić information content (AvgIpc) is 2.26. The maximum Gasteiger partial charge on any atom is 0.0774 e. The number of hydrogen-bond donors (Lipinski definition) is 0. The fourth-order valence-corrected chi connectivity index (χ4v) is 1.06. The Balaban J connectivity index is 0.00000289. The molecule has 0 bridgehead atoms. The summed E-state index contributed by atoms with van der Waals surface area (Å²) in [7, 11) is 4.00. The standard InChI is InChI=1S/C15H16ClN.ClH/c1-15(2,17(3)4)12-6-5-7-13-8-10-14(16)11-9-13;/h8-11H,1-4H3;1H. The van der Waals surface area contributed by atoms with Crippen molar-refractivity contribution in [3.05, 3.63) is 34.9 Å². The van der Waals surface area contributed by atoms with E-state index in [2.05, 4.69) is 42.4 Å². The van der Waals surface area contributed by atoms with Crippen LogP contribution in [0.4, 0.5) is 0 Å². The molecular weight excluding hydrogens is 265 g/mol. The smallest absolute Gasteiger partial charge is 0.0774 e. The second-order valence-corrected chi connectivity index (χ2v) is 4.90. The molecule has 0 atom stereocenters. The molecule has 0 aliphatic carbocycles. The molecule has 0 aliphatic rings. The molecule has 0 fully saturated rings. The highest BCUT2D eigenvalue weighted by Crippen LogP contribution is 2.08. The molecule has 0 saturated carbocycles. The first kappa shape index (κ1) is 16.9. The summed E-state index contributed by atoms with van der Waals surface area (Å²) >= 11 is 5.79. The first-order valence-electron chi connectivity index (χ1n) is 5.38. The van der Waals surface area contributed by atoms with Gasteiger partial charge >= 0.3 is 0 Å². The third-order valence-electron chi connectivity index (χ3n) is 2.60. The zero-order valence-corrected chi connectivity index (χ0v) is 12.6. The van der Waals surface area contributed by atoms with Gasteiger partial charge in [-0.2, -0.15) is 0 Å². The van der Waals surface area contributed by atoms with Crippen LogP contribution < -0.4 is 0 Å². The Kier molecular flexibility index (Phi) is 6.89. The Labute approximate surface area is 121 Å². The van der Waals surface area contributed by atoms with Crippen molar-refractivity contribution in [3.63, 3.8) is 0 Å². The molecule has 0 aromatic heterocycles. The summed E-state index contributed by atoms with van der Waals surface area (Å²) in [5.41, 5.74) is 0.764. The van der Waals surface area contributed by atoms with Gasteiger partial charge in [-0.15, -0.1) is 12.4 Å². The van der Waals surface area contributed by atoms with E-state index >= 15 is 0 Å². The van der Waals surface area contributed by atoms with Crippen molar-refractivity contribution in [2.45, 2.75) is 19.4 Å². The Morgan fingerprint density at radius 3 is 2.11 bits per heavy atom.